The van der Waals surface area contributed by atoms with Gasteiger partial charge in [-0.25, -0.2) is 0 Å². The Morgan fingerprint density at radius 2 is 2.21 bits per heavy atom. The standard InChI is InChI=1S/C12H10F3N5O4/c1-11(5-19-4-8(20(21)22)16-10(19)24-11)6-23-9-3-2-7(17-18-9)12(13,14)15/h2-4H,5-6H2,1H3. The molecule has 12 heteroatoms. The van der Waals surface area contributed by atoms with Crippen molar-refractivity contribution in [3.8, 4) is 11.9 Å². The quantitative estimate of drug-likeness (QED) is 0.615. The molecule has 0 saturated carbocycles. The van der Waals surface area contributed by atoms with Gasteiger partial charge < -0.3 is 19.6 Å². The van der Waals surface area contributed by atoms with E-state index in [4.69, 9.17) is 9.47 Å². The van der Waals surface area contributed by atoms with Gasteiger partial charge in [-0.2, -0.15) is 13.2 Å². The number of fused-ring (bicyclic) bond motifs is 1. The maximum absolute atomic E-state index is 12.4. The summed E-state index contributed by atoms with van der Waals surface area (Å²) in [4.78, 5) is 13.7. The summed E-state index contributed by atoms with van der Waals surface area (Å²) in [7, 11) is 0. The van der Waals surface area contributed by atoms with Crippen LogP contribution in [0.4, 0.5) is 19.0 Å². The lowest BCUT2D eigenvalue weighted by molar-refractivity contribution is -0.389. The minimum Gasteiger partial charge on any atom is -0.472 e. The number of nitro groups is 1. The molecule has 1 aliphatic heterocycles. The van der Waals surface area contributed by atoms with Crippen LogP contribution >= 0.6 is 0 Å². The molecule has 0 aliphatic carbocycles. The fourth-order valence-corrected chi connectivity index (χ4v) is 2.13. The average molecular weight is 345 g/mol. The normalized spacial score (nSPS) is 19.7. The summed E-state index contributed by atoms with van der Waals surface area (Å²) in [5.74, 6) is -0.426. The molecule has 1 atom stereocenters. The molecule has 9 nitrogen and oxygen atoms in total. The van der Waals surface area contributed by atoms with Gasteiger partial charge in [0.15, 0.2) is 11.3 Å². The molecule has 3 heterocycles. The summed E-state index contributed by atoms with van der Waals surface area (Å²) in [5.41, 5.74) is -2.01. The molecule has 0 saturated heterocycles. The number of hydrogen-bond donors (Lipinski definition) is 0. The third kappa shape index (κ3) is 3.07. The SMILES string of the molecule is CC1(COc2ccc(C(F)(F)F)nn2)Cn2cc([N+](=O)[O-])nc2O1. The van der Waals surface area contributed by atoms with Gasteiger partial charge in [0.05, 0.1) is 6.54 Å². The monoisotopic (exact) mass is 345 g/mol. The molecule has 0 N–H and O–H groups in total. The van der Waals surface area contributed by atoms with Crippen molar-refractivity contribution in [1.29, 1.82) is 0 Å². The van der Waals surface area contributed by atoms with Crippen LogP contribution in [0, 0.1) is 10.1 Å². The van der Waals surface area contributed by atoms with Crippen LogP contribution in [0.25, 0.3) is 0 Å². The highest BCUT2D eigenvalue weighted by atomic mass is 19.4. The molecule has 0 radical (unpaired) electrons. The number of rotatable bonds is 4. The van der Waals surface area contributed by atoms with Crippen LogP contribution in [0.2, 0.25) is 0 Å². The maximum atomic E-state index is 12.4. The fourth-order valence-electron chi connectivity index (χ4n) is 2.13. The van der Waals surface area contributed by atoms with E-state index >= 15 is 0 Å². The summed E-state index contributed by atoms with van der Waals surface area (Å²) in [6, 6.07) is 1.89. The summed E-state index contributed by atoms with van der Waals surface area (Å²) >= 11 is 0. The Balaban J connectivity index is 1.63. The molecule has 2 aromatic rings. The zero-order valence-corrected chi connectivity index (χ0v) is 12.1. The Morgan fingerprint density at radius 1 is 1.46 bits per heavy atom. The van der Waals surface area contributed by atoms with Crippen LogP contribution in [-0.4, -0.2) is 36.9 Å². The van der Waals surface area contributed by atoms with Gasteiger partial charge in [-0.1, -0.05) is 0 Å². The molecule has 0 fully saturated rings. The van der Waals surface area contributed by atoms with E-state index in [2.05, 4.69) is 15.2 Å². The molecule has 0 aromatic carbocycles. The van der Waals surface area contributed by atoms with Crippen LogP contribution in [0.5, 0.6) is 11.9 Å². The molecule has 0 bridgehead atoms. The average Bonchev–Trinajstić information content (AvgIpc) is 3.00. The van der Waals surface area contributed by atoms with Crippen molar-refractivity contribution >= 4 is 5.82 Å². The topological polar surface area (TPSA) is 105 Å². The predicted octanol–water partition coefficient (Wildman–Crippen LogP) is 1.83. The van der Waals surface area contributed by atoms with Crippen molar-refractivity contribution in [2.24, 2.45) is 0 Å². The van der Waals surface area contributed by atoms with Crippen LogP contribution < -0.4 is 9.47 Å². The lowest BCUT2D eigenvalue weighted by Crippen LogP contribution is -2.38. The number of aromatic nitrogens is 4. The van der Waals surface area contributed by atoms with Crippen LogP contribution in [0.1, 0.15) is 12.6 Å². The van der Waals surface area contributed by atoms with Crippen molar-refractivity contribution in [2.45, 2.75) is 25.2 Å². The number of alkyl halides is 3. The smallest absolute Gasteiger partial charge is 0.435 e. The highest BCUT2D eigenvalue weighted by Gasteiger charge is 2.41. The third-order valence-corrected chi connectivity index (χ3v) is 3.21. The predicted molar refractivity (Wildman–Crippen MR) is 70.4 cm³/mol. The lowest BCUT2D eigenvalue weighted by atomic mass is 10.1. The molecular formula is C12H10F3N5O4. The molecule has 0 amide bonds. The van der Waals surface area contributed by atoms with E-state index in [0.717, 1.165) is 12.1 Å². The second-order valence-electron chi connectivity index (χ2n) is 5.36. The Morgan fingerprint density at radius 3 is 2.75 bits per heavy atom. The first kappa shape index (κ1) is 16.0. The first-order valence-corrected chi connectivity index (χ1v) is 6.61. The summed E-state index contributed by atoms with van der Waals surface area (Å²) in [6.45, 7) is 1.85. The summed E-state index contributed by atoms with van der Waals surface area (Å²) in [5, 5.41) is 17.0. The minimum absolute atomic E-state index is 0.0514. The van der Waals surface area contributed by atoms with Gasteiger partial charge in [-0.15, -0.1) is 10.2 Å². The highest BCUT2D eigenvalue weighted by Crippen LogP contribution is 2.31. The zero-order valence-electron chi connectivity index (χ0n) is 12.1. The van der Waals surface area contributed by atoms with E-state index in [1.54, 1.807) is 6.92 Å². The number of imidazole rings is 1. The van der Waals surface area contributed by atoms with Crippen LogP contribution in [0.3, 0.4) is 0 Å². The number of ether oxygens (including phenoxy) is 2. The second-order valence-corrected chi connectivity index (χ2v) is 5.36. The van der Waals surface area contributed by atoms with Crippen molar-refractivity contribution in [3.63, 3.8) is 0 Å². The second kappa shape index (κ2) is 5.32. The van der Waals surface area contributed by atoms with Gasteiger partial charge >= 0.3 is 18.0 Å². The summed E-state index contributed by atoms with van der Waals surface area (Å²) in [6.07, 6.45) is -3.34. The Kier molecular flexibility index (Phi) is 3.53. The van der Waals surface area contributed by atoms with Crippen molar-refractivity contribution in [2.75, 3.05) is 6.61 Å². The first-order chi connectivity index (χ1) is 11.2. The van der Waals surface area contributed by atoms with Crippen molar-refractivity contribution in [3.05, 3.63) is 34.1 Å². The third-order valence-electron chi connectivity index (χ3n) is 3.21. The van der Waals surface area contributed by atoms with Gasteiger partial charge in [0.1, 0.15) is 12.8 Å². The van der Waals surface area contributed by atoms with Gasteiger partial charge in [-0.3, -0.25) is 4.57 Å². The van der Waals surface area contributed by atoms with E-state index in [0.29, 0.717) is 0 Å². The van der Waals surface area contributed by atoms with Gasteiger partial charge in [0, 0.05) is 11.1 Å². The van der Waals surface area contributed by atoms with E-state index in [1.807, 2.05) is 0 Å². The van der Waals surface area contributed by atoms with E-state index in [1.165, 1.54) is 10.8 Å². The molecule has 2 aromatic heterocycles. The minimum atomic E-state index is -4.57. The largest absolute Gasteiger partial charge is 0.472 e. The Labute approximate surface area is 132 Å². The van der Waals surface area contributed by atoms with E-state index < -0.39 is 22.4 Å². The van der Waals surface area contributed by atoms with Crippen LogP contribution in [-0.2, 0) is 12.7 Å². The molecule has 1 aliphatic rings. The van der Waals surface area contributed by atoms with Gasteiger partial charge in [-0.05, 0) is 17.9 Å². The van der Waals surface area contributed by atoms with Crippen LogP contribution in [0.15, 0.2) is 18.3 Å². The van der Waals surface area contributed by atoms with E-state index in [-0.39, 0.29) is 30.9 Å². The molecular weight excluding hydrogens is 335 g/mol. The molecule has 128 valence electrons. The number of nitrogens with zero attached hydrogens (tertiary/aromatic N) is 5. The number of hydrogen-bond acceptors (Lipinski definition) is 7. The van der Waals surface area contributed by atoms with Gasteiger partial charge in [0.2, 0.25) is 5.88 Å². The van der Waals surface area contributed by atoms with Crippen molar-refractivity contribution in [1.82, 2.24) is 19.7 Å². The van der Waals surface area contributed by atoms with Crippen molar-refractivity contribution < 1.29 is 27.6 Å². The first-order valence-electron chi connectivity index (χ1n) is 6.61. The Hall–Kier alpha value is -2.92. The lowest BCUT2D eigenvalue weighted by Gasteiger charge is -2.21. The maximum Gasteiger partial charge on any atom is 0.435 e. The van der Waals surface area contributed by atoms with E-state index in [9.17, 15) is 23.3 Å². The van der Waals surface area contributed by atoms with Gasteiger partial charge in [0.25, 0.3) is 0 Å². The highest BCUT2D eigenvalue weighted by molar-refractivity contribution is 5.24. The zero-order chi connectivity index (χ0) is 17.5. The molecule has 1 unspecified atom stereocenters. The Bertz CT molecular complexity index is 750. The molecule has 24 heavy (non-hydrogen) atoms. The summed E-state index contributed by atoms with van der Waals surface area (Å²) < 4.78 is 49.5. The fraction of sp³-hybridized carbons (Fsp3) is 0.417. The molecule has 3 rings (SSSR count). The number of halogens is 3. The molecule has 0 spiro atoms.